The van der Waals surface area contributed by atoms with Gasteiger partial charge in [0.05, 0.1) is 12.5 Å². The number of halogens is 6. The van der Waals surface area contributed by atoms with Gasteiger partial charge in [-0.2, -0.15) is 13.2 Å². The molecule has 0 spiro atoms. The molecule has 32 heavy (non-hydrogen) atoms. The van der Waals surface area contributed by atoms with Gasteiger partial charge in [-0.05, 0) is 43.1 Å². The van der Waals surface area contributed by atoms with E-state index in [9.17, 15) is 30.4 Å². The largest absolute Gasteiger partial charge is 0.493 e. The van der Waals surface area contributed by atoms with E-state index in [1.807, 2.05) is 4.90 Å². The Morgan fingerprint density at radius 2 is 1.72 bits per heavy atom. The molecule has 4 nitrogen and oxygen atoms in total. The molecule has 2 heterocycles. The average Bonchev–Trinajstić information content (AvgIpc) is 2.71. The maximum Gasteiger partial charge on any atom is 0.391 e. The maximum absolute atomic E-state index is 14.6. The summed E-state index contributed by atoms with van der Waals surface area (Å²) in [4.78, 5) is 1.12. The van der Waals surface area contributed by atoms with Crippen LogP contribution in [0.5, 0.6) is 5.75 Å². The molecule has 0 bridgehead atoms. The van der Waals surface area contributed by atoms with Crippen LogP contribution in [0.4, 0.5) is 22.0 Å². The molecule has 0 N–H and O–H groups in total. The van der Waals surface area contributed by atoms with Crippen LogP contribution in [0.25, 0.3) is 0 Å². The number of likely N-dealkylation sites (tertiary alicyclic amines) is 1. The van der Waals surface area contributed by atoms with Crippen LogP contribution in [0.15, 0.2) is 41.3 Å². The van der Waals surface area contributed by atoms with Crippen LogP contribution in [0.1, 0.15) is 42.5 Å². The topological polar surface area (TPSA) is 46.6 Å². The van der Waals surface area contributed by atoms with E-state index in [0.29, 0.717) is 17.5 Å². The number of nitrogens with zero attached hydrogens (tertiary/aromatic N) is 1. The lowest BCUT2D eigenvalue weighted by Crippen LogP contribution is -2.44. The zero-order chi connectivity index (χ0) is 23.3. The molecule has 174 valence electrons. The predicted octanol–water partition coefficient (Wildman–Crippen LogP) is 5.73. The smallest absolute Gasteiger partial charge is 0.391 e. The SMILES string of the molecule is O=S(=O)(Cl)c1cc2c(cc1F)[C@@H](N1CC[C@@H](C(F)(F)F)C[C@H]1c1ccc(F)cc1)CCO2. The van der Waals surface area contributed by atoms with Gasteiger partial charge in [-0.25, -0.2) is 17.2 Å². The summed E-state index contributed by atoms with van der Waals surface area (Å²) in [5.74, 6) is -2.96. The molecule has 2 aromatic carbocycles. The second-order valence-electron chi connectivity index (χ2n) is 7.98. The highest BCUT2D eigenvalue weighted by Gasteiger charge is 2.46. The summed E-state index contributed by atoms with van der Waals surface area (Å²) >= 11 is 0. The summed E-state index contributed by atoms with van der Waals surface area (Å²) in [5, 5.41) is 0. The second-order valence-corrected chi connectivity index (χ2v) is 10.5. The quantitative estimate of drug-likeness (QED) is 0.403. The second kappa shape index (κ2) is 8.46. The van der Waals surface area contributed by atoms with Gasteiger partial charge in [0.1, 0.15) is 22.3 Å². The van der Waals surface area contributed by atoms with E-state index in [2.05, 4.69) is 0 Å². The fourth-order valence-corrected chi connectivity index (χ4v) is 5.46. The van der Waals surface area contributed by atoms with E-state index < -0.39 is 49.8 Å². The maximum atomic E-state index is 14.6. The number of benzene rings is 2. The molecule has 11 heteroatoms. The van der Waals surface area contributed by atoms with Gasteiger partial charge in [0.25, 0.3) is 9.05 Å². The van der Waals surface area contributed by atoms with Gasteiger partial charge < -0.3 is 4.74 Å². The first-order valence-electron chi connectivity index (χ1n) is 9.94. The summed E-state index contributed by atoms with van der Waals surface area (Å²) in [5.41, 5.74) is 0.865. The van der Waals surface area contributed by atoms with E-state index >= 15 is 0 Å². The minimum atomic E-state index is -4.37. The third kappa shape index (κ3) is 4.58. The van der Waals surface area contributed by atoms with Crippen molar-refractivity contribution >= 4 is 19.7 Å². The van der Waals surface area contributed by atoms with E-state index in [-0.39, 0.29) is 31.7 Å². The molecule has 2 aliphatic rings. The average molecular weight is 496 g/mol. The Bertz CT molecular complexity index is 1110. The minimum Gasteiger partial charge on any atom is -0.493 e. The Morgan fingerprint density at radius 1 is 1.03 bits per heavy atom. The van der Waals surface area contributed by atoms with Crippen molar-refractivity contribution in [3.05, 3.63) is 59.2 Å². The fraction of sp³-hybridized carbons (Fsp3) is 0.429. The van der Waals surface area contributed by atoms with Crippen LogP contribution in [-0.2, 0) is 9.05 Å². The summed E-state index contributed by atoms with van der Waals surface area (Å²) in [6.45, 7) is 0.244. The Kier molecular flexibility index (Phi) is 6.15. The zero-order valence-electron chi connectivity index (χ0n) is 16.6. The lowest BCUT2D eigenvalue weighted by molar-refractivity contribution is -0.192. The molecule has 2 aliphatic heterocycles. The van der Waals surface area contributed by atoms with E-state index in [0.717, 1.165) is 12.1 Å². The highest BCUT2D eigenvalue weighted by Crippen LogP contribution is 2.48. The van der Waals surface area contributed by atoms with Crippen LogP contribution >= 0.6 is 10.7 Å². The van der Waals surface area contributed by atoms with Crippen molar-refractivity contribution in [2.75, 3.05) is 13.2 Å². The number of fused-ring (bicyclic) bond motifs is 1. The van der Waals surface area contributed by atoms with Gasteiger partial charge in [0.2, 0.25) is 0 Å². The fourth-order valence-electron chi connectivity index (χ4n) is 4.57. The molecule has 0 unspecified atom stereocenters. The third-order valence-corrected chi connectivity index (χ3v) is 7.43. The van der Waals surface area contributed by atoms with Crippen molar-refractivity contribution < 1.29 is 35.1 Å². The summed E-state index contributed by atoms with van der Waals surface area (Å²) in [6.07, 6.45) is -4.36. The lowest BCUT2D eigenvalue weighted by atomic mass is 9.84. The Hall–Kier alpha value is -1.91. The Morgan fingerprint density at radius 3 is 2.34 bits per heavy atom. The Labute approximate surface area is 186 Å². The number of hydrogen-bond donors (Lipinski definition) is 0. The highest BCUT2D eigenvalue weighted by atomic mass is 35.7. The van der Waals surface area contributed by atoms with Crippen molar-refractivity contribution in [2.24, 2.45) is 5.92 Å². The number of alkyl halides is 3. The zero-order valence-corrected chi connectivity index (χ0v) is 18.2. The first-order valence-corrected chi connectivity index (χ1v) is 12.2. The molecule has 0 aromatic heterocycles. The minimum absolute atomic E-state index is 0.0769. The van der Waals surface area contributed by atoms with Crippen molar-refractivity contribution in [3.8, 4) is 5.75 Å². The van der Waals surface area contributed by atoms with Gasteiger partial charge in [0, 0.05) is 40.8 Å². The molecule has 2 aromatic rings. The van der Waals surface area contributed by atoms with Crippen LogP contribution < -0.4 is 4.74 Å². The first-order chi connectivity index (χ1) is 14.9. The monoisotopic (exact) mass is 495 g/mol. The molecular formula is C21H19ClF5NO3S. The Balaban J connectivity index is 1.75. The molecule has 0 saturated carbocycles. The van der Waals surface area contributed by atoms with Crippen LogP contribution in [0.3, 0.4) is 0 Å². The van der Waals surface area contributed by atoms with Crippen molar-refractivity contribution in [1.29, 1.82) is 0 Å². The molecule has 1 saturated heterocycles. The lowest BCUT2D eigenvalue weighted by Gasteiger charge is -2.46. The number of piperidine rings is 1. The number of ether oxygens (including phenoxy) is 1. The highest BCUT2D eigenvalue weighted by molar-refractivity contribution is 8.13. The molecule has 0 amide bonds. The van der Waals surface area contributed by atoms with E-state index in [1.165, 1.54) is 24.3 Å². The normalized spacial score (nSPS) is 24.6. The molecule has 4 rings (SSSR count). The van der Waals surface area contributed by atoms with Crippen molar-refractivity contribution in [2.45, 2.75) is 42.4 Å². The number of hydrogen-bond acceptors (Lipinski definition) is 4. The molecule has 1 fully saturated rings. The number of rotatable bonds is 3. The summed E-state index contributed by atoms with van der Waals surface area (Å²) in [7, 11) is 0.948. The molecule has 3 atom stereocenters. The van der Waals surface area contributed by atoms with Gasteiger partial charge in [-0.1, -0.05) is 12.1 Å². The predicted molar refractivity (Wildman–Crippen MR) is 107 cm³/mol. The van der Waals surface area contributed by atoms with Gasteiger partial charge in [0.15, 0.2) is 0 Å². The van der Waals surface area contributed by atoms with Crippen LogP contribution in [0.2, 0.25) is 0 Å². The standard InChI is InChI=1S/C21H19ClF5NO3S/c22-32(29,30)20-11-19-15(10-16(20)24)17(6-8-31-19)28-7-5-13(21(25,26)27)9-18(28)12-1-3-14(23)4-2-12/h1-4,10-11,13,17-18H,5-9H2/t13-,17+,18+/m1/s1. The molecule has 0 aliphatic carbocycles. The van der Waals surface area contributed by atoms with E-state index in [4.69, 9.17) is 15.4 Å². The van der Waals surface area contributed by atoms with Crippen molar-refractivity contribution in [1.82, 2.24) is 4.90 Å². The summed E-state index contributed by atoms with van der Waals surface area (Å²) in [6, 6.07) is 6.13. The van der Waals surface area contributed by atoms with Gasteiger partial charge in [-0.3, -0.25) is 4.90 Å². The van der Waals surface area contributed by atoms with Crippen molar-refractivity contribution in [3.63, 3.8) is 0 Å². The van der Waals surface area contributed by atoms with Gasteiger partial charge in [-0.15, -0.1) is 0 Å². The third-order valence-electron chi connectivity index (χ3n) is 6.10. The molecule has 0 radical (unpaired) electrons. The van der Waals surface area contributed by atoms with Crippen LogP contribution in [-0.4, -0.2) is 32.6 Å². The van der Waals surface area contributed by atoms with Crippen LogP contribution in [0, 0.1) is 17.6 Å². The first kappa shape index (κ1) is 23.3. The van der Waals surface area contributed by atoms with E-state index in [1.54, 1.807) is 0 Å². The van der Waals surface area contributed by atoms with Gasteiger partial charge >= 0.3 is 6.18 Å². The summed E-state index contributed by atoms with van der Waals surface area (Å²) < 4.78 is 97.3. The molecular weight excluding hydrogens is 477 g/mol.